The van der Waals surface area contributed by atoms with Crippen LogP contribution in [-0.2, 0) is 43.2 Å². The Labute approximate surface area is 638 Å². The number of aromatic hydroxyl groups is 4. The van der Waals surface area contributed by atoms with Crippen LogP contribution in [0.5, 0.6) is 23.0 Å². The van der Waals surface area contributed by atoms with Crippen LogP contribution in [0, 0.1) is 34.6 Å². The van der Waals surface area contributed by atoms with E-state index in [2.05, 4.69) is 76.4 Å². The van der Waals surface area contributed by atoms with Crippen LogP contribution in [-0.4, -0.2) is 84.7 Å². The van der Waals surface area contributed by atoms with Gasteiger partial charge in [0.2, 0.25) is 0 Å². The molecule has 36 heteroatoms. The van der Waals surface area contributed by atoms with Gasteiger partial charge in [0.05, 0.1) is 61.1 Å². The van der Waals surface area contributed by atoms with Crippen LogP contribution in [0.15, 0.2) is 202 Å². The molecular formula is C73H66N16O15S5. The standard InChI is InChI=1S/C16H16N4O3S.C16H17N3O2S.C14H13N3O2S.C13H11N3O2S.C12H9N3O2S.2CO2/c1-4-22-16(21)13-7-10-12(20(2)3)6-5-11(15(10)24-13)18-19-14-8-17-9-23-14;1-4-10-7-13(20)12-6-9(3)22-15(12)14(10)18-19-16-17-8-11(5-2)21-16;1-3-9-7-11(18)10-6-8(2)20-14(10)13(9)17-16-12-4-5-15-19-12;1-7-6-14-13(18-7)16-15-10-3-4-11(17)9-5-8(2)19-12(9)10;1-7-6-8-10(16)3-2-9(12(8)18-7)14-15-11-4-5-13-17-11;2*2-1-3/h5-9H,4H2,1-3H3;6-8,20H,4-5H2,1-3H3;4-7,18H,3H2,1-2H3;3-6,17H,1-2H3;2-6,16H,1H3;;. The highest BCUT2D eigenvalue weighted by Gasteiger charge is 2.20. The first-order valence-electron chi connectivity index (χ1n) is 32.6. The molecule has 0 radical (unpaired) electrons. The third-order valence-electron chi connectivity index (χ3n) is 14.8. The number of hydrogen-bond acceptors (Lipinski definition) is 36. The number of aryl methyl sites for hydroxylation is 8. The van der Waals surface area contributed by atoms with E-state index in [1.54, 1.807) is 120 Å². The molecule has 109 heavy (non-hydrogen) atoms. The maximum atomic E-state index is 12.0. The van der Waals surface area contributed by atoms with E-state index in [1.165, 1.54) is 36.3 Å². The number of hydrogen-bond donors (Lipinski definition) is 4. The van der Waals surface area contributed by atoms with Gasteiger partial charge in [-0.05, 0) is 144 Å². The first kappa shape index (κ1) is 80.3. The van der Waals surface area contributed by atoms with Crippen molar-refractivity contribution >= 4 is 189 Å². The first-order valence-corrected chi connectivity index (χ1v) is 36.7. The number of phenolic OH excluding ortho intramolecular Hbond substituents is 4. The summed E-state index contributed by atoms with van der Waals surface area (Å²) in [6, 6.07) is 27.4. The van der Waals surface area contributed by atoms with Crippen LogP contribution in [0.25, 0.3) is 50.4 Å². The topological polar surface area (TPSA) is 432 Å². The molecule has 0 atom stereocenters. The number of nitrogens with zero attached hydrogens (tertiary/aromatic N) is 16. The summed E-state index contributed by atoms with van der Waals surface area (Å²) in [6.07, 6.45) is 11.9. The summed E-state index contributed by atoms with van der Waals surface area (Å²) in [5.74, 6) is 3.27. The Kier molecular flexibility index (Phi) is 28.3. The van der Waals surface area contributed by atoms with Gasteiger partial charge in [0.1, 0.15) is 67.8 Å². The second kappa shape index (κ2) is 38.4. The quantitative estimate of drug-likeness (QED) is 0.0515. The van der Waals surface area contributed by atoms with Gasteiger partial charge in [-0.25, -0.2) is 9.78 Å². The molecule has 10 heterocycles. The number of carbonyl (C=O) groups excluding carboxylic acids is 5. The molecule has 558 valence electrons. The molecule has 10 aromatic heterocycles. The predicted molar refractivity (Wildman–Crippen MR) is 411 cm³/mol. The van der Waals surface area contributed by atoms with Crippen molar-refractivity contribution in [3.8, 4) is 23.0 Å². The number of esters is 1. The number of fused-ring (bicyclic) bond motifs is 5. The summed E-state index contributed by atoms with van der Waals surface area (Å²) in [4.78, 5) is 63.4. The third kappa shape index (κ3) is 20.8. The Balaban J connectivity index is 0.000000154. The van der Waals surface area contributed by atoms with Crippen molar-refractivity contribution < 1.29 is 71.4 Å². The van der Waals surface area contributed by atoms with Crippen molar-refractivity contribution in [2.45, 2.75) is 81.6 Å². The van der Waals surface area contributed by atoms with Gasteiger partial charge in [0.15, 0.2) is 6.39 Å². The number of thiophene rings is 5. The van der Waals surface area contributed by atoms with Crippen molar-refractivity contribution in [3.05, 3.63) is 175 Å². The number of benzene rings is 5. The third-order valence-corrected chi connectivity index (χ3v) is 20.2. The number of ether oxygens (including phenoxy) is 1. The lowest BCUT2D eigenvalue weighted by Gasteiger charge is -2.14. The highest BCUT2D eigenvalue weighted by Crippen LogP contribution is 2.46. The summed E-state index contributed by atoms with van der Waals surface area (Å²) in [6.45, 7) is 18.0. The number of azo groups is 5. The zero-order valence-corrected chi connectivity index (χ0v) is 64.0. The van der Waals surface area contributed by atoms with Crippen LogP contribution in [0.3, 0.4) is 0 Å². The Morgan fingerprint density at radius 2 is 0.917 bits per heavy atom. The van der Waals surface area contributed by atoms with E-state index in [-0.39, 0.29) is 41.8 Å². The van der Waals surface area contributed by atoms with Crippen molar-refractivity contribution in [1.29, 1.82) is 0 Å². The number of carbonyl (C=O) groups is 1. The normalized spacial score (nSPS) is 11.1. The van der Waals surface area contributed by atoms with E-state index in [4.69, 9.17) is 46.2 Å². The minimum Gasteiger partial charge on any atom is -0.507 e. The molecule has 0 amide bonds. The second-order valence-electron chi connectivity index (χ2n) is 22.6. The number of oxazole rings is 3. The Morgan fingerprint density at radius 3 is 1.36 bits per heavy atom. The van der Waals surface area contributed by atoms with Crippen LogP contribution in [0.1, 0.15) is 79.5 Å². The van der Waals surface area contributed by atoms with Crippen molar-refractivity contribution in [2.75, 3.05) is 25.6 Å². The number of anilines is 1. The zero-order chi connectivity index (χ0) is 78.3. The van der Waals surface area contributed by atoms with E-state index >= 15 is 0 Å². The van der Waals surface area contributed by atoms with Gasteiger partial charge < -0.3 is 52.4 Å². The largest absolute Gasteiger partial charge is 0.507 e. The van der Waals surface area contributed by atoms with Crippen molar-refractivity contribution in [2.24, 2.45) is 51.1 Å². The van der Waals surface area contributed by atoms with E-state index < -0.39 is 0 Å². The summed E-state index contributed by atoms with van der Waals surface area (Å²) >= 11 is 7.68. The molecule has 15 aromatic rings. The molecule has 0 aliphatic carbocycles. The summed E-state index contributed by atoms with van der Waals surface area (Å²) in [5, 5.41) is 92.3. The van der Waals surface area contributed by atoms with Crippen molar-refractivity contribution in [1.82, 2.24) is 25.3 Å². The Bertz CT molecular complexity index is 5800. The fraction of sp³-hybridized carbons (Fsp3) is 0.205. The summed E-state index contributed by atoms with van der Waals surface area (Å²) < 4.78 is 35.2. The maximum Gasteiger partial charge on any atom is 0.373 e. The van der Waals surface area contributed by atoms with Gasteiger partial charge in [0.25, 0.3) is 17.7 Å². The monoisotopic (exact) mass is 1570 g/mol. The van der Waals surface area contributed by atoms with E-state index in [9.17, 15) is 25.2 Å². The van der Waals surface area contributed by atoms with Crippen LogP contribution >= 0.6 is 56.7 Å². The van der Waals surface area contributed by atoms with Gasteiger partial charge in [-0.1, -0.05) is 41.3 Å². The molecule has 15 rings (SSSR count). The Hall–Kier alpha value is -12.8. The van der Waals surface area contributed by atoms with Gasteiger partial charge >= 0.3 is 30.3 Å². The fourth-order valence-corrected chi connectivity index (χ4v) is 15.1. The predicted octanol–water partition coefficient (Wildman–Crippen LogP) is 22.7. The second-order valence-corrected chi connectivity index (χ2v) is 28.7. The molecule has 5 aromatic carbocycles. The average Bonchev–Trinajstić information content (AvgIpc) is 1.68. The summed E-state index contributed by atoms with van der Waals surface area (Å²) in [7, 11) is 3.90. The SMILES string of the molecule is CCOC(=O)c1cc2c(N(C)C)ccc(N=Nc3cnco3)c2s1.CCc1cc(O)c2cc(C)sc2c1N=Nc1ccno1.CCc1cnc(N=Nc2c(CC)cc(O)c3cc(C)sc23)o1.Cc1cc2c(O)ccc(N=Nc3ccno3)c2s1.Cc1cnc(N=Nc2ccc(O)c3cc(C)sc23)o1.O=C=O.O=C=O. The van der Waals surface area contributed by atoms with E-state index in [0.29, 0.717) is 63.5 Å². The average molecular weight is 1570 g/mol. The van der Waals surface area contributed by atoms with Gasteiger partial charge in [-0.15, -0.1) is 97.6 Å². The highest BCUT2D eigenvalue weighted by atomic mass is 32.1. The number of phenols is 4. The lowest BCUT2D eigenvalue weighted by atomic mass is 10.1. The number of rotatable bonds is 16. The van der Waals surface area contributed by atoms with E-state index in [1.807, 2.05) is 110 Å². The lowest BCUT2D eigenvalue weighted by molar-refractivity contribution is -0.193. The maximum absolute atomic E-state index is 12.0. The van der Waals surface area contributed by atoms with Crippen LogP contribution in [0.2, 0.25) is 0 Å². The molecule has 0 bridgehead atoms. The first-order chi connectivity index (χ1) is 52.6. The molecular weight excluding hydrogens is 1500 g/mol. The fourth-order valence-electron chi connectivity index (χ4n) is 10.1. The van der Waals surface area contributed by atoms with Crippen LogP contribution in [0.4, 0.5) is 63.8 Å². The lowest BCUT2D eigenvalue weighted by Crippen LogP contribution is -2.08. The summed E-state index contributed by atoms with van der Waals surface area (Å²) in [5.41, 5.74) is 6.54. The molecule has 0 aliphatic heterocycles. The van der Waals surface area contributed by atoms with Crippen molar-refractivity contribution in [3.63, 3.8) is 0 Å². The molecule has 0 spiro atoms. The highest BCUT2D eigenvalue weighted by molar-refractivity contribution is 7.22. The molecule has 4 N–H and O–H groups in total. The molecule has 0 fully saturated rings. The molecule has 31 nitrogen and oxygen atoms in total. The van der Waals surface area contributed by atoms with E-state index in [0.717, 1.165) is 123 Å². The molecule has 0 unspecified atom stereocenters. The van der Waals surface area contributed by atoms with Gasteiger partial charge in [-0.2, -0.15) is 29.1 Å². The molecule has 0 saturated carbocycles. The van der Waals surface area contributed by atoms with Crippen LogP contribution < -0.4 is 4.90 Å². The smallest absolute Gasteiger partial charge is 0.373 e. The van der Waals surface area contributed by atoms with Gasteiger partial charge in [0, 0.05) is 84.8 Å². The Morgan fingerprint density at radius 1 is 0.477 bits per heavy atom. The molecule has 0 aliphatic rings. The van der Waals surface area contributed by atoms with Gasteiger partial charge in [-0.3, -0.25) is 0 Å². The molecule has 0 saturated heterocycles. The minimum absolute atomic E-state index is 0.229. The minimum atomic E-state index is -0.332. The zero-order valence-electron chi connectivity index (χ0n) is 59.9. The number of aromatic nitrogens is 5.